The summed E-state index contributed by atoms with van der Waals surface area (Å²) in [5.74, 6) is 0.626. The molecule has 0 fully saturated rings. The first-order valence-electron chi connectivity index (χ1n) is 16.5. The van der Waals surface area contributed by atoms with Gasteiger partial charge in [-0.05, 0) is 70.9 Å². The highest BCUT2D eigenvalue weighted by molar-refractivity contribution is 6.22. The molecule has 4 heteroatoms. The largest absolute Gasteiger partial charge is 0.455 e. The molecule has 0 amide bonds. The molecule has 49 heavy (non-hydrogen) atoms. The van der Waals surface area contributed by atoms with Crippen molar-refractivity contribution in [3.8, 4) is 22.6 Å². The van der Waals surface area contributed by atoms with Crippen molar-refractivity contribution in [3.05, 3.63) is 170 Å². The number of furan rings is 1. The first-order chi connectivity index (χ1) is 24.3. The maximum atomic E-state index is 6.52. The van der Waals surface area contributed by atoms with Gasteiger partial charge < -0.3 is 13.7 Å². The third-order valence-corrected chi connectivity index (χ3v) is 9.47. The van der Waals surface area contributed by atoms with Gasteiger partial charge in [0.05, 0.1) is 5.69 Å². The van der Waals surface area contributed by atoms with Crippen LogP contribution in [0.1, 0.15) is 0 Å². The second kappa shape index (κ2) is 11.0. The third kappa shape index (κ3) is 4.42. The predicted octanol–water partition coefficient (Wildman–Crippen LogP) is 12.8. The van der Waals surface area contributed by atoms with E-state index in [1.165, 1.54) is 0 Å². The summed E-state index contributed by atoms with van der Waals surface area (Å²) < 4.78 is 12.9. The van der Waals surface area contributed by atoms with E-state index in [4.69, 9.17) is 13.8 Å². The summed E-state index contributed by atoms with van der Waals surface area (Å²) in [5.41, 5.74) is 9.82. The molecule has 0 bridgehead atoms. The van der Waals surface area contributed by atoms with Crippen LogP contribution in [0.3, 0.4) is 0 Å². The number of para-hydroxylation sites is 3. The molecule has 0 unspecified atom stereocenters. The summed E-state index contributed by atoms with van der Waals surface area (Å²) in [6, 6.07) is 59.1. The number of benzene rings is 8. The van der Waals surface area contributed by atoms with E-state index in [9.17, 15) is 0 Å². The van der Waals surface area contributed by atoms with E-state index in [0.29, 0.717) is 5.89 Å². The van der Waals surface area contributed by atoms with Gasteiger partial charge in [0.25, 0.3) is 0 Å². The fourth-order valence-corrected chi connectivity index (χ4v) is 7.21. The molecule has 4 nitrogen and oxygen atoms in total. The number of hydrogen-bond acceptors (Lipinski definition) is 4. The smallest absolute Gasteiger partial charge is 0.227 e. The van der Waals surface area contributed by atoms with Gasteiger partial charge in [0.1, 0.15) is 16.7 Å². The van der Waals surface area contributed by atoms with Gasteiger partial charge in [0, 0.05) is 44.0 Å². The van der Waals surface area contributed by atoms with Crippen LogP contribution in [-0.2, 0) is 0 Å². The van der Waals surface area contributed by atoms with Gasteiger partial charge in [-0.2, -0.15) is 0 Å². The van der Waals surface area contributed by atoms with Crippen LogP contribution in [-0.4, -0.2) is 4.98 Å². The second-order valence-electron chi connectivity index (χ2n) is 12.3. The molecule has 0 radical (unpaired) electrons. The van der Waals surface area contributed by atoms with Crippen LogP contribution in [0.25, 0.3) is 77.2 Å². The van der Waals surface area contributed by atoms with E-state index in [2.05, 4.69) is 132 Å². The van der Waals surface area contributed by atoms with Gasteiger partial charge in [0.2, 0.25) is 5.89 Å². The van der Waals surface area contributed by atoms with Crippen molar-refractivity contribution in [3.63, 3.8) is 0 Å². The maximum absolute atomic E-state index is 6.52. The molecule has 0 spiro atoms. The molecule has 0 aliphatic heterocycles. The summed E-state index contributed by atoms with van der Waals surface area (Å²) in [5, 5.41) is 6.65. The minimum atomic E-state index is 0.626. The van der Waals surface area contributed by atoms with Crippen LogP contribution in [0.2, 0.25) is 0 Å². The van der Waals surface area contributed by atoms with Gasteiger partial charge in [-0.3, -0.25) is 0 Å². The Morgan fingerprint density at radius 2 is 1.12 bits per heavy atom. The molecule has 2 heterocycles. The Kier molecular flexibility index (Phi) is 6.15. The van der Waals surface area contributed by atoms with Crippen LogP contribution in [0.15, 0.2) is 179 Å². The molecule has 8 aromatic carbocycles. The first-order valence-corrected chi connectivity index (χ1v) is 16.5. The summed E-state index contributed by atoms with van der Waals surface area (Å²) in [7, 11) is 0. The van der Waals surface area contributed by atoms with Gasteiger partial charge in [-0.25, -0.2) is 4.98 Å². The number of hydrogen-bond donors (Lipinski definition) is 0. The topological polar surface area (TPSA) is 42.4 Å². The predicted molar refractivity (Wildman–Crippen MR) is 202 cm³/mol. The van der Waals surface area contributed by atoms with Crippen molar-refractivity contribution in [1.29, 1.82) is 0 Å². The number of nitrogens with zero attached hydrogens (tertiary/aromatic N) is 2. The van der Waals surface area contributed by atoms with E-state index in [-0.39, 0.29) is 0 Å². The molecule has 0 aliphatic carbocycles. The lowest BCUT2D eigenvalue weighted by Gasteiger charge is -2.27. The Morgan fingerprint density at radius 1 is 0.449 bits per heavy atom. The normalized spacial score (nSPS) is 11.7. The highest BCUT2D eigenvalue weighted by Crippen LogP contribution is 2.45. The lowest BCUT2D eigenvalue weighted by Crippen LogP contribution is -2.10. The summed E-state index contributed by atoms with van der Waals surface area (Å²) in [6.07, 6.45) is 0. The zero-order valence-corrected chi connectivity index (χ0v) is 26.4. The van der Waals surface area contributed by atoms with Crippen LogP contribution in [0.4, 0.5) is 17.1 Å². The van der Waals surface area contributed by atoms with Crippen molar-refractivity contribution in [2.75, 3.05) is 4.90 Å². The average Bonchev–Trinajstić information content (AvgIpc) is 3.78. The van der Waals surface area contributed by atoms with E-state index >= 15 is 0 Å². The van der Waals surface area contributed by atoms with Crippen molar-refractivity contribution >= 4 is 71.6 Å². The van der Waals surface area contributed by atoms with Crippen LogP contribution >= 0.6 is 0 Å². The quantitative estimate of drug-likeness (QED) is 0.178. The molecule has 2 aromatic heterocycles. The highest BCUT2D eigenvalue weighted by atomic mass is 16.3. The zero-order chi connectivity index (χ0) is 32.3. The standard InChI is InChI=1S/C45H28N2O2/c1-3-12-30(13-4-1)45-46-39-27-24-31-28-40(35-16-7-8-18-37(35)42(31)44(39)49-45)47(32-14-5-2-6-15-32)33-25-22-29(23-26-33)34-19-11-20-38-36-17-9-10-21-41(36)48-43(34)38/h1-28H. The summed E-state index contributed by atoms with van der Waals surface area (Å²) in [4.78, 5) is 7.21. The SMILES string of the molecule is c1ccc(-c2nc3ccc4cc(N(c5ccccc5)c5ccc(-c6cccc7c6oc6ccccc67)cc5)c5ccccc5c4c3o2)cc1. The molecule has 0 atom stereocenters. The molecule has 0 aliphatic rings. The van der Waals surface area contributed by atoms with E-state index < -0.39 is 0 Å². The number of aromatic nitrogens is 1. The molecule has 10 rings (SSSR count). The van der Waals surface area contributed by atoms with E-state index in [1.54, 1.807) is 0 Å². The Hall–Kier alpha value is -6.65. The van der Waals surface area contributed by atoms with E-state index in [1.807, 2.05) is 42.5 Å². The summed E-state index contributed by atoms with van der Waals surface area (Å²) in [6.45, 7) is 0. The second-order valence-corrected chi connectivity index (χ2v) is 12.3. The van der Waals surface area contributed by atoms with Crippen LogP contribution in [0.5, 0.6) is 0 Å². The van der Waals surface area contributed by atoms with Gasteiger partial charge >= 0.3 is 0 Å². The molecular weight excluding hydrogens is 601 g/mol. The van der Waals surface area contributed by atoms with Crippen molar-refractivity contribution in [2.45, 2.75) is 0 Å². The highest BCUT2D eigenvalue weighted by Gasteiger charge is 2.20. The van der Waals surface area contributed by atoms with Gasteiger partial charge in [-0.1, -0.05) is 115 Å². The average molecular weight is 629 g/mol. The molecular formula is C45H28N2O2. The summed E-state index contributed by atoms with van der Waals surface area (Å²) >= 11 is 0. The third-order valence-electron chi connectivity index (χ3n) is 9.47. The van der Waals surface area contributed by atoms with Crippen molar-refractivity contribution in [2.24, 2.45) is 0 Å². The fraction of sp³-hybridized carbons (Fsp3) is 0. The minimum Gasteiger partial charge on any atom is -0.455 e. The lowest BCUT2D eigenvalue weighted by atomic mass is 9.98. The number of fused-ring (bicyclic) bond motifs is 8. The van der Waals surface area contributed by atoms with Crippen molar-refractivity contribution in [1.82, 2.24) is 4.98 Å². The Morgan fingerprint density at radius 3 is 1.94 bits per heavy atom. The molecule has 0 N–H and O–H groups in total. The Labute approximate surface area is 282 Å². The van der Waals surface area contributed by atoms with Crippen LogP contribution < -0.4 is 4.90 Å². The number of anilines is 3. The monoisotopic (exact) mass is 628 g/mol. The van der Waals surface area contributed by atoms with Crippen LogP contribution in [0, 0.1) is 0 Å². The number of rotatable bonds is 5. The van der Waals surface area contributed by atoms with Crippen molar-refractivity contribution < 1.29 is 8.83 Å². The molecule has 230 valence electrons. The van der Waals surface area contributed by atoms with Gasteiger partial charge in [0.15, 0.2) is 5.58 Å². The molecule has 0 saturated carbocycles. The zero-order valence-electron chi connectivity index (χ0n) is 26.4. The van der Waals surface area contributed by atoms with E-state index in [0.717, 1.165) is 88.3 Å². The lowest BCUT2D eigenvalue weighted by molar-refractivity contribution is 0.623. The molecule has 10 aromatic rings. The number of oxazole rings is 1. The Bertz CT molecular complexity index is 2820. The minimum absolute atomic E-state index is 0.626. The Balaban J connectivity index is 1.15. The van der Waals surface area contributed by atoms with Gasteiger partial charge in [-0.15, -0.1) is 0 Å². The maximum Gasteiger partial charge on any atom is 0.227 e. The molecule has 0 saturated heterocycles. The fourth-order valence-electron chi connectivity index (χ4n) is 7.21. The first kappa shape index (κ1) is 27.5.